The molecular weight excluding hydrogens is 250 g/mol. The predicted molar refractivity (Wildman–Crippen MR) is 81.0 cm³/mol. The maximum Gasteiger partial charge on any atom is 0.257 e. The normalized spacial score (nSPS) is 12.4. The second kappa shape index (κ2) is 6.01. The molecule has 0 aliphatic heterocycles. The minimum Gasteiger partial charge on any atom is -0.328 e. The Bertz CT molecular complexity index is 647. The largest absolute Gasteiger partial charge is 0.328 e. The summed E-state index contributed by atoms with van der Waals surface area (Å²) in [5.74, 6) is 0.724. The van der Waals surface area contributed by atoms with E-state index < -0.39 is 0 Å². The summed E-state index contributed by atoms with van der Waals surface area (Å²) in [6.07, 6.45) is 0.607. The van der Waals surface area contributed by atoms with Crippen LogP contribution in [0.3, 0.4) is 0 Å². The van der Waals surface area contributed by atoms with Gasteiger partial charge < -0.3 is 5.73 Å². The lowest BCUT2D eigenvalue weighted by molar-refractivity contribution is 0.510. The number of nitrogens with two attached hydrogens (primary N) is 1. The highest BCUT2D eigenvalue weighted by atomic mass is 16.1. The van der Waals surface area contributed by atoms with Crippen LogP contribution in [0.25, 0.3) is 0 Å². The van der Waals surface area contributed by atoms with E-state index in [1.807, 2.05) is 51.1 Å². The molecule has 0 fully saturated rings. The highest BCUT2D eigenvalue weighted by molar-refractivity contribution is 5.27. The third-order valence-corrected chi connectivity index (χ3v) is 3.60. The van der Waals surface area contributed by atoms with Gasteiger partial charge in [-0.2, -0.15) is 0 Å². The Kier molecular flexibility index (Phi) is 4.35. The second-order valence-corrected chi connectivity index (χ2v) is 5.15. The molecular formula is C16H21N3O. The van der Waals surface area contributed by atoms with Gasteiger partial charge in [0.05, 0.1) is 0 Å². The Morgan fingerprint density at radius 3 is 2.50 bits per heavy atom. The van der Waals surface area contributed by atoms with E-state index in [-0.39, 0.29) is 11.6 Å². The zero-order valence-electron chi connectivity index (χ0n) is 12.3. The lowest BCUT2D eigenvalue weighted by atomic mass is 10.0. The fourth-order valence-electron chi connectivity index (χ4n) is 2.44. The third kappa shape index (κ3) is 2.80. The standard InChI is InChI=1S/C16H21N3O/c1-11(10-17)19-13(3)18-12(2)15(16(19)20)9-14-7-5-4-6-8-14/h4-8,11H,9-10,17H2,1-3H3. The van der Waals surface area contributed by atoms with Crippen molar-refractivity contribution in [2.24, 2.45) is 5.73 Å². The van der Waals surface area contributed by atoms with Crippen molar-refractivity contribution in [2.75, 3.05) is 6.54 Å². The minimum absolute atomic E-state index is 0.0248. The van der Waals surface area contributed by atoms with E-state index in [4.69, 9.17) is 5.73 Å². The second-order valence-electron chi connectivity index (χ2n) is 5.15. The number of benzene rings is 1. The van der Waals surface area contributed by atoms with Gasteiger partial charge in [-0.3, -0.25) is 9.36 Å². The van der Waals surface area contributed by atoms with E-state index in [0.717, 1.165) is 22.6 Å². The van der Waals surface area contributed by atoms with E-state index >= 15 is 0 Å². The van der Waals surface area contributed by atoms with E-state index in [1.165, 1.54) is 0 Å². The van der Waals surface area contributed by atoms with Crippen LogP contribution in [0.4, 0.5) is 0 Å². The van der Waals surface area contributed by atoms with Crippen LogP contribution in [-0.2, 0) is 6.42 Å². The molecule has 0 saturated carbocycles. The summed E-state index contributed by atoms with van der Waals surface area (Å²) in [6.45, 7) is 6.12. The molecule has 0 aliphatic rings. The van der Waals surface area contributed by atoms with Gasteiger partial charge in [0.15, 0.2) is 0 Å². The van der Waals surface area contributed by atoms with Crippen LogP contribution in [0.2, 0.25) is 0 Å². The molecule has 1 unspecified atom stereocenters. The monoisotopic (exact) mass is 271 g/mol. The first-order valence-electron chi connectivity index (χ1n) is 6.87. The zero-order chi connectivity index (χ0) is 14.7. The van der Waals surface area contributed by atoms with Crippen LogP contribution < -0.4 is 11.3 Å². The summed E-state index contributed by atoms with van der Waals surface area (Å²) < 4.78 is 1.70. The van der Waals surface area contributed by atoms with Crippen LogP contribution in [0.15, 0.2) is 35.1 Å². The fourth-order valence-corrected chi connectivity index (χ4v) is 2.44. The Hall–Kier alpha value is -1.94. The van der Waals surface area contributed by atoms with Crippen LogP contribution >= 0.6 is 0 Å². The number of hydrogen-bond acceptors (Lipinski definition) is 3. The third-order valence-electron chi connectivity index (χ3n) is 3.60. The van der Waals surface area contributed by atoms with Crippen molar-refractivity contribution >= 4 is 0 Å². The van der Waals surface area contributed by atoms with Crippen molar-refractivity contribution in [3.8, 4) is 0 Å². The molecule has 0 aliphatic carbocycles. The minimum atomic E-state index is -0.0369. The SMILES string of the molecule is Cc1nc(C)n(C(C)CN)c(=O)c1Cc1ccccc1. The topological polar surface area (TPSA) is 60.9 Å². The molecule has 2 rings (SSSR count). The first-order valence-corrected chi connectivity index (χ1v) is 6.87. The van der Waals surface area contributed by atoms with Crippen molar-refractivity contribution in [3.05, 3.63) is 63.3 Å². The Morgan fingerprint density at radius 2 is 1.90 bits per heavy atom. The van der Waals surface area contributed by atoms with Gasteiger partial charge in [0.25, 0.3) is 5.56 Å². The van der Waals surface area contributed by atoms with Crippen molar-refractivity contribution in [3.63, 3.8) is 0 Å². The van der Waals surface area contributed by atoms with Crippen molar-refractivity contribution in [2.45, 2.75) is 33.2 Å². The number of rotatable bonds is 4. The molecule has 0 bridgehead atoms. The van der Waals surface area contributed by atoms with Gasteiger partial charge in [-0.05, 0) is 26.3 Å². The highest BCUT2D eigenvalue weighted by Crippen LogP contribution is 2.11. The first-order chi connectivity index (χ1) is 9.54. The molecule has 106 valence electrons. The highest BCUT2D eigenvalue weighted by Gasteiger charge is 2.15. The van der Waals surface area contributed by atoms with Crippen molar-refractivity contribution in [1.29, 1.82) is 0 Å². The number of aromatic nitrogens is 2. The van der Waals surface area contributed by atoms with Crippen LogP contribution in [0.1, 0.15) is 35.6 Å². The fraction of sp³-hybridized carbons (Fsp3) is 0.375. The van der Waals surface area contributed by atoms with E-state index in [2.05, 4.69) is 4.98 Å². The summed E-state index contributed by atoms with van der Waals surface area (Å²) >= 11 is 0. The molecule has 0 amide bonds. The molecule has 0 radical (unpaired) electrons. The maximum atomic E-state index is 12.7. The summed E-state index contributed by atoms with van der Waals surface area (Å²) in [7, 11) is 0. The lowest BCUT2D eigenvalue weighted by Crippen LogP contribution is -2.33. The van der Waals surface area contributed by atoms with Gasteiger partial charge in [-0.25, -0.2) is 4.98 Å². The summed E-state index contributed by atoms with van der Waals surface area (Å²) in [5.41, 5.74) is 8.39. The van der Waals surface area contributed by atoms with Crippen molar-refractivity contribution < 1.29 is 0 Å². The average molecular weight is 271 g/mol. The molecule has 1 atom stereocenters. The number of nitrogens with zero attached hydrogens (tertiary/aromatic N) is 2. The lowest BCUT2D eigenvalue weighted by Gasteiger charge is -2.18. The molecule has 1 aromatic carbocycles. The molecule has 1 aromatic heterocycles. The van der Waals surface area contributed by atoms with E-state index in [1.54, 1.807) is 4.57 Å². The summed E-state index contributed by atoms with van der Waals surface area (Å²) in [4.78, 5) is 17.2. The predicted octanol–water partition coefficient (Wildman–Crippen LogP) is 1.97. The summed E-state index contributed by atoms with van der Waals surface area (Å²) in [6, 6.07) is 9.94. The molecule has 20 heavy (non-hydrogen) atoms. The Labute approximate surface area is 119 Å². The van der Waals surface area contributed by atoms with E-state index in [0.29, 0.717) is 13.0 Å². The molecule has 2 aromatic rings. The van der Waals surface area contributed by atoms with Gasteiger partial charge in [0.1, 0.15) is 5.82 Å². The zero-order valence-corrected chi connectivity index (χ0v) is 12.3. The average Bonchev–Trinajstić information content (AvgIpc) is 2.44. The van der Waals surface area contributed by atoms with Gasteiger partial charge in [0, 0.05) is 30.3 Å². The van der Waals surface area contributed by atoms with Gasteiger partial charge in [-0.15, -0.1) is 0 Å². The Balaban J connectivity index is 2.51. The number of hydrogen-bond donors (Lipinski definition) is 1. The maximum absolute atomic E-state index is 12.7. The van der Waals surface area contributed by atoms with Gasteiger partial charge in [0.2, 0.25) is 0 Å². The van der Waals surface area contributed by atoms with Crippen LogP contribution in [-0.4, -0.2) is 16.1 Å². The molecule has 1 heterocycles. The van der Waals surface area contributed by atoms with Gasteiger partial charge >= 0.3 is 0 Å². The molecule has 4 heteroatoms. The summed E-state index contributed by atoms with van der Waals surface area (Å²) in [5, 5.41) is 0. The van der Waals surface area contributed by atoms with E-state index in [9.17, 15) is 4.79 Å². The molecule has 4 nitrogen and oxygen atoms in total. The quantitative estimate of drug-likeness (QED) is 0.925. The van der Waals surface area contributed by atoms with Crippen LogP contribution in [0, 0.1) is 13.8 Å². The first kappa shape index (κ1) is 14.5. The molecule has 0 spiro atoms. The molecule has 2 N–H and O–H groups in total. The number of aryl methyl sites for hydroxylation is 2. The van der Waals surface area contributed by atoms with Crippen LogP contribution in [0.5, 0.6) is 0 Å². The van der Waals surface area contributed by atoms with Crippen molar-refractivity contribution in [1.82, 2.24) is 9.55 Å². The Morgan fingerprint density at radius 1 is 1.25 bits per heavy atom. The smallest absolute Gasteiger partial charge is 0.257 e. The molecule has 0 saturated heterocycles. The van der Waals surface area contributed by atoms with Gasteiger partial charge in [-0.1, -0.05) is 30.3 Å².